The van der Waals surface area contributed by atoms with E-state index in [4.69, 9.17) is 0 Å². The SMILES string of the molecule is C=Cc1ccc(C[SiH2]C)cc1. The Bertz CT molecular complexity index is 223. The van der Waals surface area contributed by atoms with Crippen molar-refractivity contribution in [1.82, 2.24) is 0 Å². The first-order valence-corrected chi connectivity index (χ1v) is 6.49. The number of hydrogen-bond acceptors (Lipinski definition) is 0. The minimum Gasteiger partial charge on any atom is -0.0985 e. The van der Waals surface area contributed by atoms with Crippen LogP contribution >= 0.6 is 0 Å². The fourth-order valence-corrected chi connectivity index (χ4v) is 2.02. The Hall–Kier alpha value is -0.823. The topological polar surface area (TPSA) is 0 Å². The summed E-state index contributed by atoms with van der Waals surface area (Å²) in [4.78, 5) is 0. The van der Waals surface area contributed by atoms with Crippen LogP contribution in [0, 0.1) is 0 Å². The average Bonchev–Trinajstić information content (AvgIpc) is 2.07. The minimum atomic E-state index is 0.171. The Balaban J connectivity index is 2.74. The second-order valence-electron chi connectivity index (χ2n) is 2.70. The Kier molecular flexibility index (Phi) is 3.11. The molecule has 0 aromatic heterocycles. The van der Waals surface area contributed by atoms with E-state index in [0.29, 0.717) is 0 Å². The lowest BCUT2D eigenvalue weighted by molar-refractivity contribution is 1.38. The Morgan fingerprint density at radius 2 is 2.00 bits per heavy atom. The van der Waals surface area contributed by atoms with Crippen LogP contribution in [-0.2, 0) is 6.04 Å². The lowest BCUT2D eigenvalue weighted by atomic mass is 10.1. The van der Waals surface area contributed by atoms with Crippen LogP contribution in [0.4, 0.5) is 0 Å². The molecule has 58 valence electrons. The molecule has 11 heavy (non-hydrogen) atoms. The van der Waals surface area contributed by atoms with Crippen molar-refractivity contribution < 1.29 is 0 Å². The molecule has 0 saturated carbocycles. The van der Waals surface area contributed by atoms with Gasteiger partial charge in [0.25, 0.3) is 0 Å². The fourth-order valence-electron chi connectivity index (χ4n) is 1.11. The Labute approximate surface area is 70.8 Å². The van der Waals surface area contributed by atoms with E-state index in [1.807, 2.05) is 6.08 Å². The van der Waals surface area contributed by atoms with Gasteiger partial charge in [-0.1, -0.05) is 49.0 Å². The molecule has 0 aliphatic carbocycles. The van der Waals surface area contributed by atoms with Crippen LogP contribution < -0.4 is 0 Å². The van der Waals surface area contributed by atoms with Gasteiger partial charge in [-0.05, 0) is 11.6 Å². The predicted molar refractivity (Wildman–Crippen MR) is 54.6 cm³/mol. The predicted octanol–water partition coefficient (Wildman–Crippen LogP) is 2.05. The minimum absolute atomic E-state index is 0.171. The summed E-state index contributed by atoms with van der Waals surface area (Å²) >= 11 is 0. The smallest absolute Gasteiger partial charge is 0.0217 e. The average molecular weight is 162 g/mol. The molecular formula is C10H14Si. The van der Waals surface area contributed by atoms with Crippen LogP contribution in [0.15, 0.2) is 30.8 Å². The highest BCUT2D eigenvalue weighted by atomic mass is 28.2. The van der Waals surface area contributed by atoms with E-state index in [9.17, 15) is 0 Å². The maximum atomic E-state index is 3.72. The summed E-state index contributed by atoms with van der Waals surface area (Å²) in [7, 11) is 0.171. The van der Waals surface area contributed by atoms with Gasteiger partial charge >= 0.3 is 0 Å². The van der Waals surface area contributed by atoms with Crippen LogP contribution in [0.1, 0.15) is 11.1 Å². The first-order valence-electron chi connectivity index (χ1n) is 4.08. The summed E-state index contributed by atoms with van der Waals surface area (Å²) in [5, 5.41) is 0. The zero-order chi connectivity index (χ0) is 8.10. The summed E-state index contributed by atoms with van der Waals surface area (Å²) in [6.07, 6.45) is 1.88. The quantitative estimate of drug-likeness (QED) is 0.597. The highest BCUT2D eigenvalue weighted by molar-refractivity contribution is 6.32. The lowest BCUT2D eigenvalue weighted by Gasteiger charge is -1.97. The van der Waals surface area contributed by atoms with Gasteiger partial charge in [0, 0.05) is 9.52 Å². The van der Waals surface area contributed by atoms with Crippen molar-refractivity contribution in [3.63, 3.8) is 0 Å². The highest BCUT2D eigenvalue weighted by Gasteiger charge is 1.89. The zero-order valence-electron chi connectivity index (χ0n) is 7.01. The standard InChI is InChI=1S/C10H14Si/c1-3-9-4-6-10(7-5-9)8-11-2/h3-7H,1,8,11H2,2H3. The third-order valence-corrected chi connectivity index (χ3v) is 2.83. The third-order valence-electron chi connectivity index (χ3n) is 1.75. The van der Waals surface area contributed by atoms with E-state index in [1.54, 1.807) is 0 Å². The van der Waals surface area contributed by atoms with Crippen molar-refractivity contribution >= 4 is 15.6 Å². The summed E-state index contributed by atoms with van der Waals surface area (Å²) in [6.45, 7) is 6.05. The van der Waals surface area contributed by atoms with Gasteiger partial charge in [0.2, 0.25) is 0 Å². The molecule has 0 saturated heterocycles. The molecule has 0 bridgehead atoms. The maximum absolute atomic E-state index is 3.72. The van der Waals surface area contributed by atoms with Crippen molar-refractivity contribution in [2.24, 2.45) is 0 Å². The molecule has 0 atom stereocenters. The number of rotatable bonds is 3. The van der Waals surface area contributed by atoms with Crippen LogP contribution in [0.2, 0.25) is 6.55 Å². The number of hydrogen-bond donors (Lipinski definition) is 0. The van der Waals surface area contributed by atoms with Gasteiger partial charge in [-0.25, -0.2) is 0 Å². The van der Waals surface area contributed by atoms with Gasteiger partial charge in [-0.2, -0.15) is 0 Å². The van der Waals surface area contributed by atoms with Crippen LogP contribution in [0.25, 0.3) is 6.08 Å². The zero-order valence-corrected chi connectivity index (χ0v) is 8.42. The van der Waals surface area contributed by atoms with E-state index in [-0.39, 0.29) is 9.52 Å². The molecule has 0 amide bonds. The van der Waals surface area contributed by atoms with Gasteiger partial charge in [0.1, 0.15) is 0 Å². The summed E-state index contributed by atoms with van der Waals surface area (Å²) in [6, 6.07) is 9.98. The maximum Gasteiger partial charge on any atom is 0.0217 e. The van der Waals surface area contributed by atoms with Crippen molar-refractivity contribution in [2.45, 2.75) is 12.6 Å². The van der Waals surface area contributed by atoms with E-state index < -0.39 is 0 Å². The van der Waals surface area contributed by atoms with Gasteiger partial charge in [0.15, 0.2) is 0 Å². The van der Waals surface area contributed by atoms with E-state index in [0.717, 1.165) is 0 Å². The summed E-state index contributed by atoms with van der Waals surface area (Å²) in [5.41, 5.74) is 2.69. The van der Waals surface area contributed by atoms with Gasteiger partial charge in [-0.3, -0.25) is 0 Å². The molecule has 0 radical (unpaired) electrons. The monoisotopic (exact) mass is 162 g/mol. The molecule has 1 heteroatoms. The molecule has 1 aromatic carbocycles. The molecular weight excluding hydrogens is 148 g/mol. The Morgan fingerprint density at radius 3 is 2.45 bits per heavy atom. The molecule has 0 nitrogen and oxygen atoms in total. The van der Waals surface area contributed by atoms with Crippen molar-refractivity contribution in [3.8, 4) is 0 Å². The largest absolute Gasteiger partial charge is 0.0985 e. The third kappa shape index (κ3) is 2.35. The van der Waals surface area contributed by atoms with Crippen LogP contribution in [0.3, 0.4) is 0 Å². The molecule has 0 aliphatic rings. The number of benzene rings is 1. The summed E-state index contributed by atoms with van der Waals surface area (Å²) < 4.78 is 0. The van der Waals surface area contributed by atoms with Gasteiger partial charge < -0.3 is 0 Å². The lowest BCUT2D eigenvalue weighted by Crippen LogP contribution is -1.89. The second-order valence-corrected chi connectivity index (χ2v) is 4.20. The molecule has 1 rings (SSSR count). The van der Waals surface area contributed by atoms with Crippen LogP contribution in [-0.4, -0.2) is 9.52 Å². The first kappa shape index (κ1) is 8.28. The van der Waals surface area contributed by atoms with E-state index in [2.05, 4.69) is 37.4 Å². The second kappa shape index (κ2) is 4.14. The van der Waals surface area contributed by atoms with Gasteiger partial charge in [0.05, 0.1) is 0 Å². The fraction of sp³-hybridized carbons (Fsp3) is 0.200. The molecule has 0 spiro atoms. The first-order chi connectivity index (χ1) is 5.36. The normalized spacial score (nSPS) is 10.6. The Morgan fingerprint density at radius 1 is 1.36 bits per heavy atom. The van der Waals surface area contributed by atoms with Crippen molar-refractivity contribution in [3.05, 3.63) is 42.0 Å². The molecule has 0 unspecified atom stereocenters. The summed E-state index contributed by atoms with van der Waals surface area (Å²) in [5.74, 6) is 0. The van der Waals surface area contributed by atoms with Crippen molar-refractivity contribution in [1.29, 1.82) is 0 Å². The van der Waals surface area contributed by atoms with Gasteiger partial charge in [-0.15, -0.1) is 0 Å². The molecule has 0 heterocycles. The van der Waals surface area contributed by atoms with Crippen molar-refractivity contribution in [2.75, 3.05) is 0 Å². The molecule has 0 aliphatic heterocycles. The molecule has 0 fully saturated rings. The van der Waals surface area contributed by atoms with E-state index in [1.165, 1.54) is 17.2 Å². The molecule has 1 aromatic rings. The van der Waals surface area contributed by atoms with Crippen LogP contribution in [0.5, 0.6) is 0 Å². The van der Waals surface area contributed by atoms with E-state index >= 15 is 0 Å². The molecule has 0 N–H and O–H groups in total. The highest BCUT2D eigenvalue weighted by Crippen LogP contribution is 2.05.